The number of aryl methyl sites for hydroxylation is 4. The van der Waals surface area contributed by atoms with Crippen LogP contribution in [0.3, 0.4) is 0 Å². The van der Waals surface area contributed by atoms with Crippen LogP contribution in [0.15, 0.2) is 48.8 Å². The first-order valence-corrected chi connectivity index (χ1v) is 11.1. The zero-order chi connectivity index (χ0) is 21.4. The van der Waals surface area contributed by atoms with Crippen molar-refractivity contribution in [3.63, 3.8) is 0 Å². The average Bonchev–Trinajstić information content (AvgIpc) is 3.27. The third kappa shape index (κ3) is 2.57. The summed E-state index contributed by atoms with van der Waals surface area (Å²) < 4.78 is 2.21. The van der Waals surface area contributed by atoms with Crippen molar-refractivity contribution >= 4 is 0 Å². The maximum atomic E-state index is 4.99. The first-order valence-electron chi connectivity index (χ1n) is 11.1. The Morgan fingerprint density at radius 2 is 1.52 bits per heavy atom. The van der Waals surface area contributed by atoms with Crippen molar-refractivity contribution in [3.05, 3.63) is 93.3 Å². The van der Waals surface area contributed by atoms with Gasteiger partial charge in [-0.2, -0.15) is 0 Å². The molecule has 0 spiro atoms. The first-order chi connectivity index (χ1) is 14.9. The van der Waals surface area contributed by atoms with E-state index in [1.165, 1.54) is 78.1 Å². The van der Waals surface area contributed by atoms with E-state index in [4.69, 9.17) is 4.98 Å². The van der Waals surface area contributed by atoms with Gasteiger partial charge in [0.2, 0.25) is 0 Å². The van der Waals surface area contributed by atoms with Crippen LogP contribution >= 0.6 is 0 Å². The number of aromatic nitrogens is 2. The lowest BCUT2D eigenvalue weighted by Crippen LogP contribution is -2.33. The monoisotopic (exact) mass is 403 g/mol. The second-order valence-corrected chi connectivity index (χ2v) is 9.43. The van der Waals surface area contributed by atoms with E-state index in [0.717, 1.165) is 12.8 Å². The first kappa shape index (κ1) is 18.5. The van der Waals surface area contributed by atoms with Crippen molar-refractivity contribution in [2.45, 2.75) is 40.5 Å². The molecule has 2 nitrogen and oxygen atoms in total. The predicted molar refractivity (Wildman–Crippen MR) is 126 cm³/mol. The maximum absolute atomic E-state index is 4.99. The molecule has 1 heterocycles. The molecule has 2 aliphatic rings. The van der Waals surface area contributed by atoms with Gasteiger partial charge in [0.05, 0.1) is 12.6 Å². The second-order valence-electron chi connectivity index (χ2n) is 9.43. The molecule has 152 valence electrons. The molecule has 1 aromatic heterocycles. The highest BCUT2D eigenvalue weighted by atomic mass is 15.0. The summed E-state index contributed by atoms with van der Waals surface area (Å²) in [6, 6.07) is 16.2. The van der Waals surface area contributed by atoms with Crippen LogP contribution in [-0.2, 0) is 19.9 Å². The van der Waals surface area contributed by atoms with Gasteiger partial charge in [-0.3, -0.25) is 0 Å². The summed E-state index contributed by atoms with van der Waals surface area (Å²) in [4.78, 5) is 4.99. The van der Waals surface area contributed by atoms with E-state index < -0.39 is 0 Å². The van der Waals surface area contributed by atoms with Gasteiger partial charge < -0.3 is 0 Å². The van der Waals surface area contributed by atoms with Crippen LogP contribution in [0.4, 0.5) is 0 Å². The predicted octanol–water partition coefficient (Wildman–Crippen LogP) is 5.95. The quantitative estimate of drug-likeness (QED) is 0.310. The van der Waals surface area contributed by atoms with Crippen LogP contribution < -0.4 is 4.57 Å². The van der Waals surface area contributed by atoms with E-state index in [2.05, 4.69) is 81.8 Å². The molecule has 6 rings (SSSR count). The summed E-state index contributed by atoms with van der Waals surface area (Å²) >= 11 is 0. The zero-order valence-electron chi connectivity index (χ0n) is 18.9. The molecule has 3 aromatic carbocycles. The summed E-state index contributed by atoms with van der Waals surface area (Å²) in [6.45, 7) is 8.84. The SMILES string of the molecule is Cc1ccc2c(c1)Cc1ccc3c(c1-2)-c1nc[n+](C)c(-c2cc(C)cc(C)c2C)c1C3. The summed E-state index contributed by atoms with van der Waals surface area (Å²) in [6.07, 6.45) is 3.98. The van der Waals surface area contributed by atoms with E-state index in [1.807, 2.05) is 6.33 Å². The minimum atomic E-state index is 0.947. The Morgan fingerprint density at radius 3 is 2.32 bits per heavy atom. The topological polar surface area (TPSA) is 16.8 Å². The van der Waals surface area contributed by atoms with Crippen LogP contribution in [0.5, 0.6) is 0 Å². The molecule has 0 amide bonds. The van der Waals surface area contributed by atoms with Gasteiger partial charge in [-0.25, -0.2) is 4.57 Å². The van der Waals surface area contributed by atoms with Crippen molar-refractivity contribution in [2.75, 3.05) is 0 Å². The molecule has 0 fully saturated rings. The van der Waals surface area contributed by atoms with Crippen molar-refractivity contribution in [2.24, 2.45) is 7.05 Å². The van der Waals surface area contributed by atoms with Crippen LogP contribution in [0.1, 0.15) is 44.5 Å². The number of hydrogen-bond donors (Lipinski definition) is 0. The van der Waals surface area contributed by atoms with Gasteiger partial charge in [0.25, 0.3) is 6.33 Å². The third-order valence-electron chi connectivity index (χ3n) is 7.24. The molecule has 31 heavy (non-hydrogen) atoms. The molecule has 0 aliphatic heterocycles. The molecule has 4 aromatic rings. The lowest BCUT2D eigenvalue weighted by atomic mass is 9.94. The fourth-order valence-electron chi connectivity index (χ4n) is 5.70. The van der Waals surface area contributed by atoms with Crippen LogP contribution in [-0.4, -0.2) is 4.98 Å². The fourth-order valence-corrected chi connectivity index (χ4v) is 5.70. The number of hydrogen-bond acceptors (Lipinski definition) is 1. The van der Waals surface area contributed by atoms with Crippen LogP contribution in [0, 0.1) is 27.7 Å². The summed E-state index contributed by atoms with van der Waals surface area (Å²) in [5, 5.41) is 0. The Hall–Kier alpha value is -3.26. The third-order valence-corrected chi connectivity index (χ3v) is 7.24. The Morgan fingerprint density at radius 1 is 0.742 bits per heavy atom. The smallest absolute Gasteiger partial charge is 0.232 e. The van der Waals surface area contributed by atoms with Gasteiger partial charge in [-0.05, 0) is 84.1 Å². The van der Waals surface area contributed by atoms with Gasteiger partial charge in [0.1, 0.15) is 5.69 Å². The molecule has 0 N–H and O–H groups in total. The van der Waals surface area contributed by atoms with Crippen molar-refractivity contribution in [1.29, 1.82) is 0 Å². The maximum Gasteiger partial charge on any atom is 0.287 e. The Bertz CT molecular complexity index is 1430. The van der Waals surface area contributed by atoms with Gasteiger partial charge in [0.15, 0.2) is 5.69 Å². The van der Waals surface area contributed by atoms with Gasteiger partial charge in [-0.1, -0.05) is 47.5 Å². The zero-order valence-corrected chi connectivity index (χ0v) is 18.9. The van der Waals surface area contributed by atoms with Gasteiger partial charge in [-0.15, -0.1) is 0 Å². The van der Waals surface area contributed by atoms with E-state index in [-0.39, 0.29) is 0 Å². The van der Waals surface area contributed by atoms with Crippen LogP contribution in [0.2, 0.25) is 0 Å². The highest BCUT2D eigenvalue weighted by molar-refractivity contribution is 5.95. The highest BCUT2D eigenvalue weighted by Crippen LogP contribution is 2.49. The molecule has 0 bridgehead atoms. The largest absolute Gasteiger partial charge is 0.287 e. The minimum Gasteiger partial charge on any atom is -0.232 e. The Labute approximate surface area is 184 Å². The summed E-state index contributed by atoms with van der Waals surface area (Å²) in [5.41, 5.74) is 19.0. The molecule has 0 atom stereocenters. The lowest BCUT2D eigenvalue weighted by molar-refractivity contribution is -0.663. The minimum absolute atomic E-state index is 0.947. The van der Waals surface area contributed by atoms with Gasteiger partial charge in [0, 0.05) is 17.5 Å². The van der Waals surface area contributed by atoms with Crippen molar-refractivity contribution < 1.29 is 4.57 Å². The average molecular weight is 404 g/mol. The lowest BCUT2D eigenvalue weighted by Gasteiger charge is -2.13. The number of nitrogens with zero attached hydrogens (tertiary/aromatic N) is 2. The molecule has 0 radical (unpaired) electrons. The Kier molecular flexibility index (Phi) is 3.80. The normalized spacial score (nSPS) is 13.1. The Balaban J connectivity index is 1.64. The molecular weight excluding hydrogens is 376 g/mol. The highest BCUT2D eigenvalue weighted by Gasteiger charge is 2.35. The standard InChI is InChI=1S/C29H27N2/c1-16-6-9-23-22(11-16)13-20-7-8-21-14-25-28(27(21)26(20)23)30-15-31(5)29(25)24-12-17(2)10-18(3)19(24)4/h6-12,15H,13-14H2,1-5H3/q+1. The van der Waals surface area contributed by atoms with E-state index >= 15 is 0 Å². The number of benzene rings is 3. The van der Waals surface area contributed by atoms with Crippen molar-refractivity contribution in [1.82, 2.24) is 4.98 Å². The molecule has 2 aliphatic carbocycles. The molecule has 0 unspecified atom stereocenters. The number of rotatable bonds is 1. The van der Waals surface area contributed by atoms with E-state index in [1.54, 1.807) is 0 Å². The van der Waals surface area contributed by atoms with Gasteiger partial charge >= 0.3 is 0 Å². The van der Waals surface area contributed by atoms with E-state index in [9.17, 15) is 0 Å². The fraction of sp³-hybridized carbons (Fsp3) is 0.241. The number of fused-ring (bicyclic) bond motifs is 7. The summed E-state index contributed by atoms with van der Waals surface area (Å²) in [5.74, 6) is 0. The van der Waals surface area contributed by atoms with Crippen LogP contribution in [0.25, 0.3) is 33.6 Å². The summed E-state index contributed by atoms with van der Waals surface area (Å²) in [7, 11) is 2.13. The molecule has 0 saturated carbocycles. The molecular formula is C29H27N2+. The molecule has 2 heteroatoms. The van der Waals surface area contributed by atoms with Crippen molar-refractivity contribution in [3.8, 4) is 33.6 Å². The van der Waals surface area contributed by atoms with E-state index in [0.29, 0.717) is 0 Å². The molecule has 0 saturated heterocycles. The second kappa shape index (κ2) is 6.37.